The summed E-state index contributed by atoms with van der Waals surface area (Å²) in [6.45, 7) is 1.17. The van der Waals surface area contributed by atoms with Crippen molar-refractivity contribution in [1.29, 1.82) is 0 Å². The molecule has 0 amide bonds. The zero-order valence-corrected chi connectivity index (χ0v) is 11.0. The fourth-order valence-corrected chi connectivity index (χ4v) is 2.55. The summed E-state index contributed by atoms with van der Waals surface area (Å²) in [7, 11) is -1.06. The molecule has 1 aromatic carbocycles. The summed E-state index contributed by atoms with van der Waals surface area (Å²) < 4.78 is 16.3. The highest BCUT2D eigenvalue weighted by molar-refractivity contribution is 6.63. The molecule has 5 nitrogen and oxygen atoms in total. The minimum Gasteiger partial charge on any atom is -0.486 e. The van der Waals surface area contributed by atoms with Gasteiger partial charge in [-0.2, -0.15) is 0 Å². The number of ether oxygens (including phenoxy) is 2. The van der Waals surface area contributed by atoms with Crippen LogP contribution >= 0.6 is 24.0 Å². The summed E-state index contributed by atoms with van der Waals surface area (Å²) in [5, 5.41) is 10.4. The predicted molar refractivity (Wildman–Crippen MR) is 70.2 cm³/mol. The van der Waals surface area contributed by atoms with Crippen LogP contribution in [0.15, 0.2) is 6.07 Å². The third-order valence-corrected chi connectivity index (χ3v) is 3.25. The average molecular weight is 292 g/mol. The smallest absolute Gasteiger partial charge is 0.486 e. The molecule has 3 rings (SSSR count). The Morgan fingerprint density at radius 3 is 2.89 bits per heavy atom. The van der Waals surface area contributed by atoms with Crippen molar-refractivity contribution in [2.24, 2.45) is 5.73 Å². The zero-order chi connectivity index (χ0) is 12.0. The first-order chi connectivity index (χ1) is 8.22. The van der Waals surface area contributed by atoms with E-state index in [4.69, 9.17) is 31.5 Å². The van der Waals surface area contributed by atoms with Crippen molar-refractivity contribution in [3.63, 3.8) is 0 Å². The fourth-order valence-electron chi connectivity index (χ4n) is 2.23. The summed E-state index contributed by atoms with van der Waals surface area (Å²) in [6, 6.07) is 1.68. The molecule has 0 bridgehead atoms. The molecule has 1 atom stereocenters. The molecule has 0 spiro atoms. The summed E-state index contributed by atoms with van der Waals surface area (Å²) >= 11 is 6.16. The van der Waals surface area contributed by atoms with Gasteiger partial charge in [0.1, 0.15) is 13.2 Å². The number of benzene rings is 1. The van der Waals surface area contributed by atoms with Gasteiger partial charge >= 0.3 is 7.12 Å². The topological polar surface area (TPSA) is 73.9 Å². The molecule has 2 heterocycles. The molecule has 0 saturated carbocycles. The summed E-state index contributed by atoms with van der Waals surface area (Å²) in [5.41, 5.74) is 6.83. The van der Waals surface area contributed by atoms with Crippen LogP contribution < -0.4 is 20.7 Å². The van der Waals surface area contributed by atoms with E-state index in [9.17, 15) is 5.02 Å². The monoisotopic (exact) mass is 291 g/mol. The minimum atomic E-state index is -1.06. The number of hydrogen-bond acceptors (Lipinski definition) is 5. The molecule has 2 aliphatic heterocycles. The summed E-state index contributed by atoms with van der Waals surface area (Å²) in [5.74, 6) is 1.06. The Morgan fingerprint density at radius 2 is 2.17 bits per heavy atom. The SMILES string of the molecule is Cl.NC[C@H]1OB(O)c2c3c(cc(Cl)c21)OCCO3. The van der Waals surface area contributed by atoms with Crippen LogP contribution in [0.1, 0.15) is 11.7 Å². The first-order valence-corrected chi connectivity index (χ1v) is 5.75. The van der Waals surface area contributed by atoms with Crippen LogP contribution in [0.3, 0.4) is 0 Å². The average Bonchev–Trinajstić information content (AvgIpc) is 2.68. The highest BCUT2D eigenvalue weighted by Crippen LogP contribution is 2.40. The molecule has 3 N–H and O–H groups in total. The van der Waals surface area contributed by atoms with E-state index in [-0.39, 0.29) is 19.0 Å². The molecule has 98 valence electrons. The van der Waals surface area contributed by atoms with Gasteiger partial charge in [-0.1, -0.05) is 11.6 Å². The number of hydrogen-bond donors (Lipinski definition) is 2. The van der Waals surface area contributed by atoms with Gasteiger partial charge < -0.3 is 24.9 Å². The van der Waals surface area contributed by atoms with Crippen LogP contribution in [0.2, 0.25) is 5.02 Å². The standard InChI is InChI=1S/C10H11BClNO4.ClH/c12-5-3-6-10(16-2-1-15-6)9-8(5)7(4-13)17-11(9)14;/h3,7,14H,1-2,4,13H2;1H/t7-;/m1./s1. The van der Waals surface area contributed by atoms with Gasteiger partial charge in [-0.3, -0.25) is 0 Å². The van der Waals surface area contributed by atoms with Gasteiger partial charge in [0, 0.05) is 28.7 Å². The van der Waals surface area contributed by atoms with Gasteiger partial charge in [-0.15, -0.1) is 12.4 Å². The Hall–Kier alpha value is -0.655. The van der Waals surface area contributed by atoms with E-state index >= 15 is 0 Å². The van der Waals surface area contributed by atoms with E-state index in [0.717, 1.165) is 0 Å². The molecular formula is C10H12BCl2NO4. The fraction of sp³-hybridized carbons (Fsp3) is 0.400. The van der Waals surface area contributed by atoms with Gasteiger partial charge in [-0.05, 0) is 0 Å². The van der Waals surface area contributed by atoms with Gasteiger partial charge in [0.15, 0.2) is 11.5 Å². The Bertz CT molecular complexity index is 474. The predicted octanol–water partition coefficient (Wildman–Crippen LogP) is 0.250. The highest BCUT2D eigenvalue weighted by Gasteiger charge is 2.41. The second-order valence-electron chi connectivity index (χ2n) is 3.92. The van der Waals surface area contributed by atoms with Crippen LogP contribution in [0, 0.1) is 0 Å². The molecule has 0 unspecified atom stereocenters. The Morgan fingerprint density at radius 1 is 1.44 bits per heavy atom. The van der Waals surface area contributed by atoms with Crippen LogP contribution in [0.25, 0.3) is 0 Å². The number of nitrogens with two attached hydrogens (primary N) is 1. The lowest BCUT2D eigenvalue weighted by Gasteiger charge is -2.22. The number of halogens is 2. The maximum absolute atomic E-state index is 9.89. The zero-order valence-electron chi connectivity index (χ0n) is 9.39. The second kappa shape index (κ2) is 5.15. The number of rotatable bonds is 1. The van der Waals surface area contributed by atoms with Gasteiger partial charge in [0.2, 0.25) is 0 Å². The van der Waals surface area contributed by atoms with E-state index in [2.05, 4.69) is 0 Å². The molecule has 1 aromatic rings. The third-order valence-electron chi connectivity index (χ3n) is 2.94. The van der Waals surface area contributed by atoms with Crippen molar-refractivity contribution in [2.75, 3.05) is 19.8 Å². The van der Waals surface area contributed by atoms with Crippen LogP contribution in [-0.2, 0) is 4.65 Å². The maximum Gasteiger partial charge on any atom is 0.496 e. The van der Waals surface area contributed by atoms with Crippen molar-refractivity contribution < 1.29 is 19.2 Å². The Kier molecular flexibility index (Phi) is 3.94. The maximum atomic E-state index is 9.89. The van der Waals surface area contributed by atoms with E-state index in [1.54, 1.807) is 6.07 Å². The molecule has 8 heteroatoms. The molecular weight excluding hydrogens is 280 g/mol. The minimum absolute atomic E-state index is 0. The molecule has 0 aromatic heterocycles. The molecule has 0 radical (unpaired) electrons. The molecule has 0 saturated heterocycles. The normalized spacial score (nSPS) is 20.4. The van der Waals surface area contributed by atoms with Crippen molar-refractivity contribution in [3.05, 3.63) is 16.7 Å². The number of fused-ring (bicyclic) bond motifs is 3. The highest BCUT2D eigenvalue weighted by atomic mass is 35.5. The van der Waals surface area contributed by atoms with Crippen LogP contribution in [0.4, 0.5) is 0 Å². The van der Waals surface area contributed by atoms with Crippen molar-refractivity contribution in [3.8, 4) is 11.5 Å². The largest absolute Gasteiger partial charge is 0.496 e. The van der Waals surface area contributed by atoms with Crippen molar-refractivity contribution in [1.82, 2.24) is 0 Å². The van der Waals surface area contributed by atoms with E-state index in [0.29, 0.717) is 40.8 Å². The van der Waals surface area contributed by atoms with Crippen LogP contribution in [-0.4, -0.2) is 31.9 Å². The molecule has 18 heavy (non-hydrogen) atoms. The first kappa shape index (κ1) is 13.8. The lowest BCUT2D eigenvalue weighted by molar-refractivity contribution is 0.173. The quantitative estimate of drug-likeness (QED) is 0.726. The second-order valence-corrected chi connectivity index (χ2v) is 4.33. The van der Waals surface area contributed by atoms with Gasteiger partial charge in [-0.25, -0.2) is 0 Å². The first-order valence-electron chi connectivity index (χ1n) is 5.38. The third kappa shape index (κ3) is 1.94. The molecule has 2 aliphatic rings. The Labute approximate surface area is 116 Å². The van der Waals surface area contributed by atoms with Gasteiger partial charge in [0.05, 0.1) is 6.10 Å². The van der Waals surface area contributed by atoms with Crippen molar-refractivity contribution in [2.45, 2.75) is 6.10 Å². The van der Waals surface area contributed by atoms with Crippen molar-refractivity contribution >= 4 is 36.6 Å². The lowest BCUT2D eigenvalue weighted by atomic mass is 9.78. The van der Waals surface area contributed by atoms with Gasteiger partial charge in [0.25, 0.3) is 0 Å². The Balaban J connectivity index is 0.00000120. The lowest BCUT2D eigenvalue weighted by Crippen LogP contribution is -2.32. The van der Waals surface area contributed by atoms with Crippen LogP contribution in [0.5, 0.6) is 11.5 Å². The summed E-state index contributed by atoms with van der Waals surface area (Å²) in [6.07, 6.45) is -0.400. The van der Waals surface area contributed by atoms with E-state index < -0.39 is 13.2 Å². The van der Waals surface area contributed by atoms with E-state index in [1.807, 2.05) is 0 Å². The molecule has 0 aliphatic carbocycles. The molecule has 0 fully saturated rings. The summed E-state index contributed by atoms with van der Waals surface area (Å²) in [4.78, 5) is 0. The van der Waals surface area contributed by atoms with E-state index in [1.165, 1.54) is 0 Å².